The molecular weight excluding hydrogens is 352 g/mol. The molecule has 2 saturated heterocycles. The van der Waals surface area contributed by atoms with Gasteiger partial charge in [0.1, 0.15) is 44.0 Å². The molecule has 26 heavy (non-hydrogen) atoms. The molecule has 2 aromatic rings. The van der Waals surface area contributed by atoms with Crippen LogP contribution in [0.25, 0.3) is 10.9 Å². The fourth-order valence-electron chi connectivity index (χ4n) is 4.35. The Morgan fingerprint density at radius 3 is 2.62 bits per heavy atom. The monoisotopic (exact) mass is 378 g/mol. The average molecular weight is 378 g/mol. The molecule has 1 aromatic carbocycles. The number of sulfone groups is 1. The van der Waals surface area contributed by atoms with Gasteiger partial charge >= 0.3 is 0 Å². The molecule has 140 valence electrons. The highest BCUT2D eigenvalue weighted by molar-refractivity contribution is 7.91. The summed E-state index contributed by atoms with van der Waals surface area (Å²) >= 11 is 0. The van der Waals surface area contributed by atoms with Crippen molar-refractivity contribution in [3.63, 3.8) is 0 Å². The largest absolute Gasteiger partial charge is 0.322 e. The van der Waals surface area contributed by atoms with Crippen LogP contribution in [0.5, 0.6) is 0 Å². The summed E-state index contributed by atoms with van der Waals surface area (Å²) in [6.07, 6.45) is 0.794. The summed E-state index contributed by atoms with van der Waals surface area (Å²) < 4.78 is 23.4. The Kier molecular flexibility index (Phi) is 4.58. The molecule has 0 amide bonds. The van der Waals surface area contributed by atoms with Crippen molar-refractivity contribution < 1.29 is 18.2 Å². The molecule has 0 spiro atoms. The molecule has 0 aliphatic carbocycles. The van der Waals surface area contributed by atoms with Crippen LogP contribution in [0.1, 0.15) is 25.2 Å². The number of quaternary nitrogens is 2. The highest BCUT2D eigenvalue weighted by atomic mass is 32.2. The average Bonchev–Trinajstić information content (AvgIpc) is 3.01. The summed E-state index contributed by atoms with van der Waals surface area (Å²) in [5.74, 6) is 1.42. The number of nitrogens with zero attached hydrogens (tertiary/aromatic N) is 1. The zero-order valence-electron chi connectivity index (χ0n) is 15.0. The summed E-state index contributed by atoms with van der Waals surface area (Å²) in [7, 11) is -2.82. The van der Waals surface area contributed by atoms with Crippen LogP contribution in [-0.2, 0) is 9.84 Å². The van der Waals surface area contributed by atoms with Gasteiger partial charge in [-0.1, -0.05) is 12.1 Å². The van der Waals surface area contributed by atoms with E-state index in [2.05, 4.69) is 16.9 Å². The van der Waals surface area contributed by atoms with Crippen LogP contribution in [0.3, 0.4) is 0 Å². The molecule has 1 aromatic heterocycles. The van der Waals surface area contributed by atoms with E-state index in [-0.39, 0.29) is 17.6 Å². The fourth-order valence-corrected chi connectivity index (χ4v) is 6.18. The Balaban J connectivity index is 1.45. The standard InChI is InChI=1S/C18H24N4O3S/c1-13(17-19-16-5-3-2-4-15(16)18(23)20-17)21-7-9-22(10-8-21)14-6-11-26(24,25)12-14/h2-5,13-14H,6-12H2,1H3,(H,19,20,23)/p+2/t13-,14-/m1/s1. The van der Waals surface area contributed by atoms with Crippen LogP contribution in [0.2, 0.25) is 0 Å². The molecule has 2 fully saturated rings. The molecule has 3 heterocycles. The van der Waals surface area contributed by atoms with E-state index in [1.165, 1.54) is 9.80 Å². The van der Waals surface area contributed by atoms with Crippen molar-refractivity contribution in [2.45, 2.75) is 25.4 Å². The number of aromatic amines is 1. The van der Waals surface area contributed by atoms with Crippen molar-refractivity contribution in [3.05, 3.63) is 40.4 Å². The molecule has 3 N–H and O–H groups in total. The Morgan fingerprint density at radius 1 is 1.19 bits per heavy atom. The third-order valence-corrected chi connectivity index (χ3v) is 7.77. The molecule has 2 atom stereocenters. The van der Waals surface area contributed by atoms with E-state index in [1.807, 2.05) is 18.2 Å². The van der Waals surface area contributed by atoms with E-state index in [0.717, 1.165) is 43.9 Å². The Hall–Kier alpha value is -1.77. The lowest BCUT2D eigenvalue weighted by Crippen LogP contribution is -3.29. The van der Waals surface area contributed by atoms with E-state index in [9.17, 15) is 13.2 Å². The molecule has 0 radical (unpaired) electrons. The molecule has 7 nitrogen and oxygen atoms in total. The van der Waals surface area contributed by atoms with Crippen LogP contribution in [0.4, 0.5) is 0 Å². The van der Waals surface area contributed by atoms with E-state index < -0.39 is 9.84 Å². The van der Waals surface area contributed by atoms with Crippen LogP contribution < -0.4 is 15.4 Å². The summed E-state index contributed by atoms with van der Waals surface area (Å²) in [6.45, 7) is 5.97. The van der Waals surface area contributed by atoms with Gasteiger partial charge in [0.15, 0.2) is 15.7 Å². The lowest BCUT2D eigenvalue weighted by molar-refractivity contribution is -1.03. The van der Waals surface area contributed by atoms with Crippen LogP contribution >= 0.6 is 0 Å². The van der Waals surface area contributed by atoms with Gasteiger partial charge in [-0.3, -0.25) is 4.79 Å². The SMILES string of the molecule is C[C@H](c1nc2ccccc2c(=O)[nH]1)[NH+]1CC[NH+]([C@@H]2CCS(=O)(=O)C2)CC1. The van der Waals surface area contributed by atoms with Gasteiger partial charge in [-0.25, -0.2) is 13.4 Å². The van der Waals surface area contributed by atoms with Gasteiger partial charge in [-0.05, 0) is 19.1 Å². The minimum atomic E-state index is -2.82. The lowest BCUT2D eigenvalue weighted by atomic mass is 10.1. The van der Waals surface area contributed by atoms with Crippen molar-refractivity contribution in [1.29, 1.82) is 0 Å². The van der Waals surface area contributed by atoms with Crippen molar-refractivity contribution in [2.75, 3.05) is 37.7 Å². The van der Waals surface area contributed by atoms with Gasteiger partial charge in [0.05, 0.1) is 16.7 Å². The molecule has 2 aliphatic rings. The lowest BCUT2D eigenvalue weighted by Gasteiger charge is -2.35. The first-order valence-corrected chi connectivity index (χ1v) is 11.1. The highest BCUT2D eigenvalue weighted by Crippen LogP contribution is 2.10. The van der Waals surface area contributed by atoms with Crippen molar-refractivity contribution in [2.24, 2.45) is 0 Å². The number of benzene rings is 1. The third-order valence-electron chi connectivity index (χ3n) is 6.00. The second kappa shape index (κ2) is 6.75. The van der Waals surface area contributed by atoms with E-state index in [0.29, 0.717) is 16.9 Å². The smallest absolute Gasteiger partial charge is 0.258 e. The van der Waals surface area contributed by atoms with Gasteiger partial charge in [0.25, 0.3) is 5.56 Å². The molecule has 0 saturated carbocycles. The van der Waals surface area contributed by atoms with E-state index in [4.69, 9.17) is 0 Å². The summed E-state index contributed by atoms with van der Waals surface area (Å²) in [5.41, 5.74) is 0.648. The molecule has 4 rings (SSSR count). The Morgan fingerprint density at radius 2 is 1.92 bits per heavy atom. The number of rotatable bonds is 3. The van der Waals surface area contributed by atoms with E-state index >= 15 is 0 Å². The maximum atomic E-state index is 12.3. The maximum Gasteiger partial charge on any atom is 0.258 e. The summed E-state index contributed by atoms with van der Waals surface area (Å²) in [6, 6.07) is 7.78. The zero-order valence-corrected chi connectivity index (χ0v) is 15.8. The molecule has 8 heteroatoms. The minimum Gasteiger partial charge on any atom is -0.322 e. The predicted octanol–water partition coefficient (Wildman–Crippen LogP) is -2.05. The number of nitrogens with one attached hydrogen (secondary N) is 3. The van der Waals surface area contributed by atoms with Gasteiger partial charge < -0.3 is 14.8 Å². The quantitative estimate of drug-likeness (QED) is 0.574. The van der Waals surface area contributed by atoms with E-state index in [1.54, 1.807) is 6.07 Å². The van der Waals surface area contributed by atoms with Crippen molar-refractivity contribution >= 4 is 20.7 Å². The molecule has 0 unspecified atom stereocenters. The minimum absolute atomic E-state index is 0.0859. The molecular formula is C18H26N4O3S+2. The van der Waals surface area contributed by atoms with Gasteiger partial charge in [-0.2, -0.15) is 0 Å². The number of aromatic nitrogens is 2. The third kappa shape index (κ3) is 3.41. The first kappa shape index (κ1) is 17.6. The van der Waals surface area contributed by atoms with Crippen LogP contribution in [0, 0.1) is 0 Å². The van der Waals surface area contributed by atoms with Crippen LogP contribution in [0.15, 0.2) is 29.1 Å². The number of H-pyrrole nitrogens is 1. The second-order valence-corrected chi connectivity index (χ2v) is 9.84. The van der Waals surface area contributed by atoms with Crippen molar-refractivity contribution in [3.8, 4) is 0 Å². The van der Waals surface area contributed by atoms with Crippen molar-refractivity contribution in [1.82, 2.24) is 9.97 Å². The number of hydrogen-bond donors (Lipinski definition) is 3. The summed E-state index contributed by atoms with van der Waals surface area (Å²) in [4.78, 5) is 22.7. The second-order valence-electron chi connectivity index (χ2n) is 7.61. The number of piperazine rings is 1. The molecule has 2 aliphatic heterocycles. The normalized spacial score (nSPS) is 29.7. The topological polar surface area (TPSA) is 88.8 Å². The predicted molar refractivity (Wildman–Crippen MR) is 99.2 cm³/mol. The van der Waals surface area contributed by atoms with Gasteiger partial charge in [0.2, 0.25) is 0 Å². The Labute approximate surface area is 152 Å². The fraction of sp³-hybridized carbons (Fsp3) is 0.556. The number of fused-ring (bicyclic) bond motifs is 1. The number of para-hydroxylation sites is 1. The van der Waals surface area contributed by atoms with Crippen LogP contribution in [-0.4, -0.2) is 62.1 Å². The molecule has 0 bridgehead atoms. The van der Waals surface area contributed by atoms with Gasteiger partial charge in [-0.15, -0.1) is 0 Å². The Bertz CT molecular complexity index is 964. The number of hydrogen-bond acceptors (Lipinski definition) is 4. The zero-order chi connectivity index (χ0) is 18.3. The summed E-state index contributed by atoms with van der Waals surface area (Å²) in [5, 5.41) is 0.621. The first-order chi connectivity index (χ1) is 12.4. The highest BCUT2D eigenvalue weighted by Gasteiger charge is 2.39. The maximum absolute atomic E-state index is 12.3. The van der Waals surface area contributed by atoms with Gasteiger partial charge in [0, 0.05) is 6.42 Å². The first-order valence-electron chi connectivity index (χ1n) is 9.31.